The first-order chi connectivity index (χ1) is 32.0. The molecule has 0 fully saturated rings. The largest absolute Gasteiger partial charge is 0.479 e. The average molecular weight is 941 g/mol. The van der Waals surface area contributed by atoms with Crippen molar-refractivity contribution in [3.63, 3.8) is 0 Å². The van der Waals surface area contributed by atoms with Gasteiger partial charge in [-0.1, -0.05) is 163 Å². The number of nitrogens with zero attached hydrogens (tertiary/aromatic N) is 2. The molecule has 0 aliphatic carbocycles. The lowest BCUT2D eigenvalue weighted by Crippen LogP contribution is -2.67. The number of ether oxygens (including phenoxy) is 2. The van der Waals surface area contributed by atoms with E-state index in [1.807, 2.05) is 109 Å². The van der Waals surface area contributed by atoms with Crippen LogP contribution in [0, 0.1) is 34.3 Å². The van der Waals surface area contributed by atoms with Gasteiger partial charge in [-0.25, -0.2) is 13.6 Å². The van der Waals surface area contributed by atoms with E-state index in [2.05, 4.69) is 65.8 Å². The Morgan fingerprint density at radius 2 is 0.910 bits per heavy atom. The topological polar surface area (TPSA) is 142 Å². The van der Waals surface area contributed by atoms with Crippen LogP contribution in [0.4, 0.5) is 8.78 Å². The molecule has 2 N–H and O–H groups in total. The molecule has 0 heterocycles. The van der Waals surface area contributed by atoms with E-state index in [0.717, 1.165) is 26.8 Å². The smallest absolute Gasteiger partial charge is 0.335 e. The Kier molecular flexibility index (Phi) is 18.2. The van der Waals surface area contributed by atoms with Crippen LogP contribution in [0.2, 0.25) is 10.1 Å². The predicted octanol–water partition coefficient (Wildman–Crippen LogP) is 8.40. The molecule has 0 radical (unpaired) electrons. The quantitative estimate of drug-likeness (QED) is 0.0813. The lowest BCUT2D eigenvalue weighted by atomic mass is 10.1. The monoisotopic (exact) mass is 940 g/mol. The van der Waals surface area contributed by atoms with E-state index in [9.17, 15) is 23.8 Å². The van der Waals surface area contributed by atoms with E-state index < -0.39 is 46.4 Å². The summed E-state index contributed by atoms with van der Waals surface area (Å²) in [4.78, 5) is 12.0. The molecule has 9 nitrogen and oxygen atoms in total. The standard InChI is InChI=1S/C27H28FNO4Si.C27H30FNO3Si/c1-27(2,3)34(23-10-6-4-7-11-23,24-12-8-5-9-13-24)33-19-25(26(30)31)32-18-21-14-20(17-29)15-22(28)16-21;1-27(2,3)33(25-10-6-4-7-11-25,26-12-8-5-9-13-26)32-20-24(18-30)31-19-22-14-21(17-29)15-23(28)16-22/h4-16,25H,18-19H2,1-3H3,(H,30,31);4-16,24,30H,18-20H2,1-3H3/t25-;24-/m01/s1. The first-order valence-electron chi connectivity index (χ1n) is 21.9. The van der Waals surface area contributed by atoms with Gasteiger partial charge in [0.25, 0.3) is 16.6 Å². The molecule has 0 amide bonds. The van der Waals surface area contributed by atoms with Crippen molar-refractivity contribution in [3.05, 3.63) is 192 Å². The molecule has 0 saturated heterocycles. The van der Waals surface area contributed by atoms with Crippen LogP contribution in [0.15, 0.2) is 158 Å². The highest BCUT2D eigenvalue weighted by atomic mass is 28.4. The van der Waals surface area contributed by atoms with E-state index in [-0.39, 0.29) is 54.2 Å². The number of rotatable bonds is 18. The number of nitriles is 2. The van der Waals surface area contributed by atoms with Crippen molar-refractivity contribution >= 4 is 43.4 Å². The molecule has 2 atom stereocenters. The summed E-state index contributed by atoms with van der Waals surface area (Å²) in [6.07, 6.45) is -1.86. The van der Waals surface area contributed by atoms with Gasteiger partial charge in [0.15, 0.2) is 6.10 Å². The zero-order valence-electron chi connectivity index (χ0n) is 38.8. The molecule has 13 heteroatoms. The lowest BCUT2D eigenvalue weighted by molar-refractivity contribution is -0.153. The molecule has 0 bridgehead atoms. The Labute approximate surface area is 395 Å². The number of halogens is 2. The molecular formula is C54H58F2N2O7Si2. The zero-order valence-corrected chi connectivity index (χ0v) is 40.8. The Morgan fingerprint density at radius 3 is 1.22 bits per heavy atom. The minimum atomic E-state index is -2.94. The van der Waals surface area contributed by atoms with Crippen LogP contribution >= 0.6 is 0 Å². The predicted molar refractivity (Wildman–Crippen MR) is 261 cm³/mol. The number of carboxylic acid groups (broad SMARTS) is 1. The number of aliphatic hydroxyl groups excluding tert-OH is 1. The number of hydrogen-bond donors (Lipinski definition) is 2. The van der Waals surface area contributed by atoms with E-state index in [4.69, 9.17) is 28.8 Å². The Bertz CT molecular complexity index is 2520. The Hall–Kier alpha value is -6.14. The summed E-state index contributed by atoms with van der Waals surface area (Å²) < 4.78 is 52.5. The number of aliphatic hydroxyl groups is 1. The highest BCUT2D eigenvalue weighted by molar-refractivity contribution is 7.00. The van der Waals surface area contributed by atoms with E-state index in [1.54, 1.807) is 6.07 Å². The van der Waals surface area contributed by atoms with Gasteiger partial charge in [0, 0.05) is 0 Å². The van der Waals surface area contributed by atoms with Gasteiger partial charge in [-0.15, -0.1) is 0 Å². The van der Waals surface area contributed by atoms with Crippen molar-refractivity contribution in [2.24, 2.45) is 0 Å². The third-order valence-corrected chi connectivity index (χ3v) is 21.4. The van der Waals surface area contributed by atoms with Gasteiger partial charge >= 0.3 is 5.97 Å². The molecule has 0 saturated carbocycles. The van der Waals surface area contributed by atoms with E-state index in [0.29, 0.717) is 11.1 Å². The van der Waals surface area contributed by atoms with Crippen LogP contribution in [0.3, 0.4) is 0 Å². The van der Waals surface area contributed by atoms with Crippen LogP contribution in [0.1, 0.15) is 63.8 Å². The Morgan fingerprint density at radius 1 is 0.567 bits per heavy atom. The van der Waals surface area contributed by atoms with Gasteiger partial charge < -0.3 is 28.5 Å². The third-order valence-electron chi connectivity index (χ3n) is 11.4. The molecule has 6 rings (SSSR count). The molecule has 0 spiro atoms. The normalized spacial score (nSPS) is 12.8. The summed E-state index contributed by atoms with van der Waals surface area (Å²) >= 11 is 0. The lowest BCUT2D eigenvalue weighted by Gasteiger charge is -2.43. The molecule has 348 valence electrons. The maximum absolute atomic E-state index is 13.8. The zero-order chi connectivity index (χ0) is 48.7. The summed E-state index contributed by atoms with van der Waals surface area (Å²) in [7, 11) is -5.69. The van der Waals surface area contributed by atoms with Crippen molar-refractivity contribution in [3.8, 4) is 12.1 Å². The van der Waals surface area contributed by atoms with Gasteiger partial charge in [-0.2, -0.15) is 10.5 Å². The summed E-state index contributed by atoms with van der Waals surface area (Å²) in [6, 6.07) is 52.0. The van der Waals surface area contributed by atoms with Crippen molar-refractivity contribution in [2.45, 2.75) is 77.0 Å². The summed E-state index contributed by atoms with van der Waals surface area (Å²) in [5.41, 5.74) is 1.30. The van der Waals surface area contributed by atoms with Gasteiger partial charge in [-0.3, -0.25) is 0 Å². The second kappa shape index (κ2) is 23.5. The molecule has 6 aromatic carbocycles. The SMILES string of the molecule is CC(C)(C)[Si](OC[C@@H](CO)OCc1cc(F)cc(C#N)c1)(c1ccccc1)c1ccccc1.CC(C)(C)[Si](OC[C@H](OCc1cc(F)cc(C#N)c1)C(=O)O)(c1ccccc1)c1ccccc1. The van der Waals surface area contributed by atoms with Crippen LogP contribution in [0.25, 0.3) is 0 Å². The van der Waals surface area contributed by atoms with Crippen LogP contribution < -0.4 is 20.7 Å². The summed E-state index contributed by atoms with van der Waals surface area (Å²) in [6.45, 7) is 12.5. The number of hydrogen-bond acceptors (Lipinski definition) is 8. The minimum absolute atomic E-state index is 0.0712. The van der Waals surface area contributed by atoms with Crippen LogP contribution in [-0.2, 0) is 36.3 Å². The van der Waals surface area contributed by atoms with Crippen molar-refractivity contribution < 1.29 is 42.1 Å². The highest BCUT2D eigenvalue weighted by Gasteiger charge is 2.52. The molecular weight excluding hydrogens is 883 g/mol. The van der Waals surface area contributed by atoms with E-state index in [1.165, 1.54) is 24.3 Å². The first-order valence-corrected chi connectivity index (χ1v) is 25.7. The first kappa shape index (κ1) is 51.8. The number of carboxylic acids is 1. The second-order valence-corrected chi connectivity index (χ2v) is 26.7. The summed E-state index contributed by atoms with van der Waals surface area (Å²) in [5.74, 6) is -2.24. The summed E-state index contributed by atoms with van der Waals surface area (Å²) in [5, 5.41) is 41.8. The number of carbonyl (C=O) groups is 1. The van der Waals surface area contributed by atoms with Gasteiger partial charge in [0.05, 0.1) is 56.3 Å². The van der Waals surface area contributed by atoms with Crippen molar-refractivity contribution in [1.82, 2.24) is 0 Å². The van der Waals surface area contributed by atoms with Crippen LogP contribution in [-0.4, -0.2) is 64.8 Å². The fraction of sp³-hybridized carbons (Fsp3) is 0.278. The van der Waals surface area contributed by atoms with E-state index >= 15 is 0 Å². The molecule has 67 heavy (non-hydrogen) atoms. The maximum atomic E-state index is 13.8. The molecule has 0 aliphatic heterocycles. The average Bonchev–Trinajstić information content (AvgIpc) is 3.31. The van der Waals surface area contributed by atoms with Gasteiger partial charge in [0.2, 0.25) is 0 Å². The molecule has 0 unspecified atom stereocenters. The second-order valence-electron chi connectivity index (χ2n) is 18.1. The maximum Gasteiger partial charge on any atom is 0.335 e. The van der Waals surface area contributed by atoms with Gasteiger partial charge in [0.1, 0.15) is 17.7 Å². The van der Waals surface area contributed by atoms with Gasteiger partial charge in [-0.05, 0) is 78.3 Å². The fourth-order valence-corrected chi connectivity index (χ4v) is 17.4. The van der Waals surface area contributed by atoms with Crippen molar-refractivity contribution in [1.29, 1.82) is 10.5 Å². The van der Waals surface area contributed by atoms with Crippen LogP contribution in [0.5, 0.6) is 0 Å². The highest BCUT2D eigenvalue weighted by Crippen LogP contribution is 2.38. The molecule has 6 aromatic rings. The van der Waals surface area contributed by atoms with Crippen molar-refractivity contribution in [2.75, 3.05) is 19.8 Å². The number of benzene rings is 6. The Balaban J connectivity index is 0.000000251. The third kappa shape index (κ3) is 13.1. The minimum Gasteiger partial charge on any atom is -0.479 e. The number of aliphatic carboxylic acids is 1. The fourth-order valence-electron chi connectivity index (χ4n) is 8.29. The molecule has 0 aliphatic rings. The molecule has 0 aromatic heterocycles.